The van der Waals surface area contributed by atoms with E-state index < -0.39 is 0 Å². The van der Waals surface area contributed by atoms with E-state index in [4.69, 9.17) is 10.5 Å². The van der Waals surface area contributed by atoms with Crippen molar-refractivity contribution in [1.82, 2.24) is 14.7 Å². The summed E-state index contributed by atoms with van der Waals surface area (Å²) in [5.41, 5.74) is 7.62. The number of nitrogens with two attached hydrogens (primary N) is 1. The van der Waals surface area contributed by atoms with E-state index in [2.05, 4.69) is 11.7 Å². The van der Waals surface area contributed by atoms with Crippen LogP contribution in [0.2, 0.25) is 0 Å². The predicted octanol–water partition coefficient (Wildman–Crippen LogP) is 0.839. The molecular weight excluding hydrogens is 244 g/mol. The normalized spacial score (nSPS) is 10.5. The molecule has 0 atom stereocenters. The number of hydrogen-bond donors (Lipinski definition) is 1. The van der Waals surface area contributed by atoms with Gasteiger partial charge < -0.3 is 15.4 Å². The van der Waals surface area contributed by atoms with Crippen molar-refractivity contribution < 1.29 is 9.53 Å². The summed E-state index contributed by atoms with van der Waals surface area (Å²) in [6.07, 6.45) is 2.38. The first-order valence-electron chi connectivity index (χ1n) is 6.27. The van der Waals surface area contributed by atoms with Gasteiger partial charge in [-0.3, -0.25) is 9.48 Å². The number of aromatic nitrogens is 2. The van der Waals surface area contributed by atoms with Gasteiger partial charge in [0.15, 0.2) is 0 Å². The highest BCUT2D eigenvalue weighted by molar-refractivity contribution is 5.98. The van der Waals surface area contributed by atoms with Gasteiger partial charge in [0.05, 0.1) is 18.0 Å². The molecule has 0 saturated carbocycles. The SMILES string of the molecule is C=CCN(CCOC)C(=O)c1c(N)c(CC)nn1C. The van der Waals surface area contributed by atoms with Gasteiger partial charge in [-0.25, -0.2) is 0 Å². The highest BCUT2D eigenvalue weighted by Crippen LogP contribution is 2.18. The van der Waals surface area contributed by atoms with Crippen LogP contribution in [0.5, 0.6) is 0 Å². The molecule has 0 spiro atoms. The Bertz CT molecular complexity index is 454. The molecule has 0 aliphatic heterocycles. The zero-order chi connectivity index (χ0) is 14.4. The van der Waals surface area contributed by atoms with E-state index in [9.17, 15) is 4.79 Å². The van der Waals surface area contributed by atoms with Crippen LogP contribution >= 0.6 is 0 Å². The van der Waals surface area contributed by atoms with Crippen molar-refractivity contribution in [2.24, 2.45) is 7.05 Å². The maximum absolute atomic E-state index is 12.5. The van der Waals surface area contributed by atoms with Crippen molar-refractivity contribution in [3.05, 3.63) is 24.0 Å². The summed E-state index contributed by atoms with van der Waals surface area (Å²) in [6, 6.07) is 0. The highest BCUT2D eigenvalue weighted by Gasteiger charge is 2.23. The maximum atomic E-state index is 12.5. The average molecular weight is 266 g/mol. The molecule has 0 fully saturated rings. The fourth-order valence-corrected chi connectivity index (χ4v) is 1.89. The molecular formula is C13H22N4O2. The highest BCUT2D eigenvalue weighted by atomic mass is 16.5. The minimum Gasteiger partial charge on any atom is -0.395 e. The molecule has 19 heavy (non-hydrogen) atoms. The van der Waals surface area contributed by atoms with Crippen LogP contribution in [0.4, 0.5) is 5.69 Å². The van der Waals surface area contributed by atoms with Crippen molar-refractivity contribution in [2.75, 3.05) is 32.5 Å². The topological polar surface area (TPSA) is 73.4 Å². The number of carbonyl (C=O) groups is 1. The molecule has 2 N–H and O–H groups in total. The molecule has 1 heterocycles. The summed E-state index contributed by atoms with van der Waals surface area (Å²) in [5, 5.41) is 4.26. The van der Waals surface area contributed by atoms with E-state index >= 15 is 0 Å². The average Bonchev–Trinajstić information content (AvgIpc) is 2.68. The Morgan fingerprint density at radius 1 is 1.63 bits per heavy atom. The summed E-state index contributed by atoms with van der Waals surface area (Å²) in [6.45, 7) is 7.04. The van der Waals surface area contributed by atoms with Gasteiger partial charge in [-0.2, -0.15) is 5.10 Å². The molecule has 0 aliphatic rings. The van der Waals surface area contributed by atoms with Crippen LogP contribution in [0.3, 0.4) is 0 Å². The summed E-state index contributed by atoms with van der Waals surface area (Å²) in [7, 11) is 3.33. The zero-order valence-corrected chi connectivity index (χ0v) is 11.8. The molecule has 6 heteroatoms. The maximum Gasteiger partial charge on any atom is 0.274 e. The van der Waals surface area contributed by atoms with E-state index in [1.807, 2.05) is 6.92 Å². The van der Waals surface area contributed by atoms with Gasteiger partial charge in [0.25, 0.3) is 5.91 Å². The van der Waals surface area contributed by atoms with E-state index in [0.717, 1.165) is 5.69 Å². The molecule has 0 aliphatic carbocycles. The fourth-order valence-electron chi connectivity index (χ4n) is 1.89. The van der Waals surface area contributed by atoms with Crippen LogP contribution in [0.15, 0.2) is 12.7 Å². The first-order chi connectivity index (χ1) is 9.06. The molecule has 1 amide bonds. The predicted molar refractivity (Wildman–Crippen MR) is 75.0 cm³/mol. The Balaban J connectivity index is 3.01. The molecule has 1 rings (SSSR count). The second-order valence-electron chi connectivity index (χ2n) is 4.22. The third kappa shape index (κ3) is 3.35. The van der Waals surface area contributed by atoms with Crippen LogP contribution in [-0.4, -0.2) is 47.4 Å². The lowest BCUT2D eigenvalue weighted by atomic mass is 10.2. The standard InChI is InChI=1S/C13H22N4O2/c1-5-7-17(8-9-19-4)13(18)12-11(14)10(6-2)15-16(12)3/h5H,1,6-9,14H2,2-4H3. The number of anilines is 1. The van der Waals surface area contributed by atoms with E-state index in [-0.39, 0.29) is 5.91 Å². The lowest BCUT2D eigenvalue weighted by Crippen LogP contribution is -2.35. The smallest absolute Gasteiger partial charge is 0.274 e. The Kier molecular flexibility index (Phi) is 5.57. The third-order valence-corrected chi connectivity index (χ3v) is 2.90. The second-order valence-corrected chi connectivity index (χ2v) is 4.22. The molecule has 0 unspecified atom stereocenters. The number of amides is 1. The summed E-state index contributed by atoms with van der Waals surface area (Å²) >= 11 is 0. The van der Waals surface area contributed by atoms with E-state index in [1.165, 1.54) is 0 Å². The fraction of sp³-hybridized carbons (Fsp3) is 0.538. The van der Waals surface area contributed by atoms with Crippen LogP contribution in [0.25, 0.3) is 0 Å². The van der Waals surface area contributed by atoms with Crippen molar-refractivity contribution in [3.8, 4) is 0 Å². The first-order valence-corrected chi connectivity index (χ1v) is 6.27. The van der Waals surface area contributed by atoms with Crippen LogP contribution < -0.4 is 5.73 Å². The molecule has 6 nitrogen and oxygen atoms in total. The number of aryl methyl sites for hydroxylation is 2. The van der Waals surface area contributed by atoms with Crippen molar-refractivity contribution >= 4 is 11.6 Å². The number of ether oxygens (including phenoxy) is 1. The largest absolute Gasteiger partial charge is 0.395 e. The van der Waals surface area contributed by atoms with Crippen molar-refractivity contribution in [3.63, 3.8) is 0 Å². The van der Waals surface area contributed by atoms with Gasteiger partial charge in [0, 0.05) is 27.2 Å². The number of methoxy groups -OCH3 is 1. The van der Waals surface area contributed by atoms with Gasteiger partial charge in [0.1, 0.15) is 5.69 Å². The van der Waals surface area contributed by atoms with Gasteiger partial charge in [-0.05, 0) is 6.42 Å². The lowest BCUT2D eigenvalue weighted by Gasteiger charge is -2.20. The Morgan fingerprint density at radius 2 is 2.32 bits per heavy atom. The van der Waals surface area contributed by atoms with Crippen LogP contribution in [-0.2, 0) is 18.2 Å². The number of carbonyl (C=O) groups excluding carboxylic acids is 1. The number of nitrogens with zero attached hydrogens (tertiary/aromatic N) is 3. The summed E-state index contributed by atoms with van der Waals surface area (Å²) < 4.78 is 6.55. The summed E-state index contributed by atoms with van der Waals surface area (Å²) in [4.78, 5) is 14.1. The van der Waals surface area contributed by atoms with Gasteiger partial charge in [-0.1, -0.05) is 13.0 Å². The molecule has 1 aromatic rings. The first kappa shape index (κ1) is 15.2. The molecule has 106 valence electrons. The Hall–Kier alpha value is -1.82. The van der Waals surface area contributed by atoms with Gasteiger partial charge in [-0.15, -0.1) is 6.58 Å². The number of rotatable bonds is 7. The van der Waals surface area contributed by atoms with Crippen LogP contribution in [0.1, 0.15) is 23.1 Å². The molecule has 0 saturated heterocycles. The lowest BCUT2D eigenvalue weighted by molar-refractivity contribution is 0.0708. The minimum absolute atomic E-state index is 0.149. The van der Waals surface area contributed by atoms with Gasteiger partial charge >= 0.3 is 0 Å². The molecule has 1 aromatic heterocycles. The minimum atomic E-state index is -0.149. The quantitative estimate of drug-likeness (QED) is 0.742. The van der Waals surface area contributed by atoms with Crippen LogP contribution in [0, 0.1) is 0 Å². The molecule has 0 bridgehead atoms. The number of nitrogen functional groups attached to an aromatic ring is 1. The summed E-state index contributed by atoms with van der Waals surface area (Å²) in [5.74, 6) is -0.149. The van der Waals surface area contributed by atoms with Gasteiger partial charge in [0.2, 0.25) is 0 Å². The van der Waals surface area contributed by atoms with E-state index in [1.54, 1.807) is 29.8 Å². The Labute approximate surface area is 113 Å². The van der Waals surface area contributed by atoms with E-state index in [0.29, 0.717) is 37.5 Å². The molecule has 0 aromatic carbocycles. The monoisotopic (exact) mass is 266 g/mol. The second kappa shape index (κ2) is 6.94. The molecule has 0 radical (unpaired) electrons. The van der Waals surface area contributed by atoms with Crippen molar-refractivity contribution in [1.29, 1.82) is 0 Å². The Morgan fingerprint density at radius 3 is 2.79 bits per heavy atom. The van der Waals surface area contributed by atoms with Crippen molar-refractivity contribution in [2.45, 2.75) is 13.3 Å². The number of hydrogen-bond acceptors (Lipinski definition) is 4. The third-order valence-electron chi connectivity index (χ3n) is 2.90. The zero-order valence-electron chi connectivity index (χ0n) is 11.8.